The average molecular weight is 798 g/mol. The number of rotatable bonds is 18. The fraction of sp³-hybridized carbons (Fsp3) is 0.292. The van der Waals surface area contributed by atoms with Crippen LogP contribution >= 0.6 is 0 Å². The van der Waals surface area contributed by atoms with Crippen LogP contribution in [-0.4, -0.2) is 44.2 Å². The van der Waals surface area contributed by atoms with Crippen LogP contribution in [0.25, 0.3) is 22.0 Å². The lowest BCUT2D eigenvalue weighted by Gasteiger charge is -2.39. The van der Waals surface area contributed by atoms with Crippen molar-refractivity contribution in [2.24, 2.45) is 0 Å². The summed E-state index contributed by atoms with van der Waals surface area (Å²) < 4.78 is 19.5. The van der Waals surface area contributed by atoms with E-state index in [1.54, 1.807) is 6.07 Å². The van der Waals surface area contributed by atoms with Crippen molar-refractivity contribution in [3.63, 3.8) is 0 Å². The van der Waals surface area contributed by atoms with Crippen LogP contribution in [0.5, 0.6) is 11.5 Å². The molecule has 4 N–H and O–H groups in total. The van der Waals surface area contributed by atoms with Crippen molar-refractivity contribution >= 4 is 31.0 Å². The second-order valence-corrected chi connectivity index (χ2v) is 20.9. The molecule has 6 rings (SSSR count). The standard InChI is InChI=1S/C48H55N3O6Si/c1-48(2,3)58(4,5)57-44(40-23-25-43(46-41(40)24-26-45(52)51-46)56-33-36-14-8-6-9-15-36)32-49-28-27-35-16-12-20-38(30-35)55-29-13-17-34-21-22-39(37-18-10-7-11-19-37)42(31-34)50-47(53)54/h6-12,14-16,18-26,30-31,44,49-50H,13,17,27-29,32-33H2,1-5H3,(H,51,52)(H,53,54). The monoisotopic (exact) mass is 797 g/mol. The van der Waals surface area contributed by atoms with E-state index in [2.05, 4.69) is 67.7 Å². The van der Waals surface area contributed by atoms with Crippen LogP contribution in [0.3, 0.4) is 0 Å². The molecule has 1 unspecified atom stereocenters. The number of ether oxygens (including phenoxy) is 2. The Morgan fingerprint density at radius 2 is 1.52 bits per heavy atom. The van der Waals surface area contributed by atoms with Crippen LogP contribution in [0, 0.1) is 0 Å². The first-order valence-electron chi connectivity index (χ1n) is 20.0. The molecule has 58 heavy (non-hydrogen) atoms. The average Bonchev–Trinajstić information content (AvgIpc) is 3.20. The molecule has 1 amide bonds. The topological polar surface area (TPSA) is 122 Å². The number of carbonyl (C=O) groups is 1. The van der Waals surface area contributed by atoms with Gasteiger partial charge in [0.25, 0.3) is 0 Å². The summed E-state index contributed by atoms with van der Waals surface area (Å²) in [4.78, 5) is 27.1. The third kappa shape index (κ3) is 11.2. The third-order valence-corrected chi connectivity index (χ3v) is 15.3. The predicted octanol–water partition coefficient (Wildman–Crippen LogP) is 10.8. The van der Waals surface area contributed by atoms with Crippen molar-refractivity contribution < 1.29 is 23.8 Å². The lowest BCUT2D eigenvalue weighted by molar-refractivity contribution is 0.182. The summed E-state index contributed by atoms with van der Waals surface area (Å²) in [5.41, 5.74) is 7.12. The lowest BCUT2D eigenvalue weighted by Crippen LogP contribution is -2.43. The highest BCUT2D eigenvalue weighted by Gasteiger charge is 2.39. The number of aromatic nitrogens is 1. The summed E-state index contributed by atoms with van der Waals surface area (Å²) in [5, 5.41) is 16.6. The Morgan fingerprint density at radius 1 is 0.793 bits per heavy atom. The van der Waals surface area contributed by atoms with Crippen LogP contribution in [0.2, 0.25) is 18.1 Å². The quantitative estimate of drug-likeness (QED) is 0.0504. The van der Waals surface area contributed by atoms with E-state index in [4.69, 9.17) is 13.9 Å². The molecule has 302 valence electrons. The van der Waals surface area contributed by atoms with Gasteiger partial charge < -0.3 is 29.3 Å². The molecule has 0 saturated heterocycles. The second-order valence-electron chi connectivity index (χ2n) is 16.1. The molecule has 1 heterocycles. The predicted molar refractivity (Wildman–Crippen MR) is 237 cm³/mol. The van der Waals surface area contributed by atoms with E-state index in [-0.39, 0.29) is 16.7 Å². The Balaban J connectivity index is 1.07. The van der Waals surface area contributed by atoms with E-state index in [1.807, 2.05) is 103 Å². The van der Waals surface area contributed by atoms with E-state index in [9.17, 15) is 14.7 Å². The molecule has 0 bridgehead atoms. The van der Waals surface area contributed by atoms with Gasteiger partial charge in [-0.25, -0.2) is 4.79 Å². The first-order valence-corrected chi connectivity index (χ1v) is 22.9. The Bertz CT molecular complexity index is 2340. The van der Waals surface area contributed by atoms with Gasteiger partial charge in [0, 0.05) is 23.6 Å². The van der Waals surface area contributed by atoms with Gasteiger partial charge in [0.2, 0.25) is 5.56 Å². The fourth-order valence-electron chi connectivity index (χ4n) is 6.69. The summed E-state index contributed by atoms with van der Waals surface area (Å²) in [6.07, 6.45) is 0.992. The number of fused-ring (bicyclic) bond motifs is 1. The van der Waals surface area contributed by atoms with Crippen LogP contribution in [0.15, 0.2) is 132 Å². The molecule has 0 aliphatic heterocycles. The van der Waals surface area contributed by atoms with Crippen molar-refractivity contribution in [2.45, 2.75) is 70.9 Å². The number of benzene rings is 5. The summed E-state index contributed by atoms with van der Waals surface area (Å²) in [7, 11) is -2.20. The number of H-pyrrole nitrogens is 1. The van der Waals surface area contributed by atoms with Gasteiger partial charge in [0.05, 0.1) is 23.9 Å². The molecule has 6 aromatic rings. The number of carboxylic acid groups (broad SMARTS) is 1. The third-order valence-electron chi connectivity index (χ3n) is 10.8. The van der Waals surface area contributed by atoms with E-state index >= 15 is 0 Å². The van der Waals surface area contributed by atoms with Gasteiger partial charge in [0.15, 0.2) is 8.32 Å². The van der Waals surface area contributed by atoms with Gasteiger partial charge in [-0.15, -0.1) is 0 Å². The number of hydrogen-bond donors (Lipinski definition) is 4. The Hall–Kier alpha value is -5.68. The number of pyridine rings is 1. The SMILES string of the molecule is CC(C)(C)[Si](C)(C)OC(CNCCc1cccc(OCCCc2ccc(-c3ccccc3)c(NC(=O)O)c2)c1)c1ccc(OCc2ccccc2)c2[nH]c(=O)ccc12. The summed E-state index contributed by atoms with van der Waals surface area (Å²) >= 11 is 0. The van der Waals surface area contributed by atoms with E-state index < -0.39 is 14.4 Å². The Morgan fingerprint density at radius 3 is 2.26 bits per heavy atom. The van der Waals surface area contributed by atoms with Crippen LogP contribution in [0.4, 0.5) is 10.5 Å². The summed E-state index contributed by atoms with van der Waals surface area (Å²) in [5.74, 6) is 1.44. The zero-order valence-corrected chi connectivity index (χ0v) is 35.1. The van der Waals surface area contributed by atoms with Gasteiger partial charge in [-0.05, 0) is 102 Å². The molecule has 5 aromatic carbocycles. The first-order chi connectivity index (χ1) is 27.9. The van der Waals surface area contributed by atoms with E-state index in [0.29, 0.717) is 36.7 Å². The fourth-order valence-corrected chi connectivity index (χ4v) is 7.97. The number of anilines is 1. The van der Waals surface area contributed by atoms with Gasteiger partial charge in [-0.3, -0.25) is 10.1 Å². The van der Waals surface area contributed by atoms with Crippen molar-refractivity contribution in [2.75, 3.05) is 25.0 Å². The van der Waals surface area contributed by atoms with Crippen molar-refractivity contribution in [3.8, 4) is 22.6 Å². The number of hydrogen-bond acceptors (Lipinski definition) is 6. The molecule has 9 nitrogen and oxygen atoms in total. The molecule has 0 fully saturated rings. The molecule has 0 aliphatic carbocycles. The van der Waals surface area contributed by atoms with Crippen molar-refractivity contribution in [1.29, 1.82) is 0 Å². The van der Waals surface area contributed by atoms with Gasteiger partial charge in [0.1, 0.15) is 18.1 Å². The van der Waals surface area contributed by atoms with Crippen molar-refractivity contribution in [3.05, 3.63) is 160 Å². The Kier molecular flexibility index (Phi) is 13.9. The van der Waals surface area contributed by atoms with E-state index in [0.717, 1.165) is 70.3 Å². The lowest BCUT2D eigenvalue weighted by atomic mass is 10.00. The first kappa shape index (κ1) is 41.9. The summed E-state index contributed by atoms with van der Waals surface area (Å²) in [6, 6.07) is 41.3. The molecular formula is C48H55N3O6Si. The molecule has 1 aromatic heterocycles. The largest absolute Gasteiger partial charge is 0.494 e. The van der Waals surface area contributed by atoms with E-state index in [1.165, 1.54) is 0 Å². The smallest absolute Gasteiger partial charge is 0.409 e. The minimum Gasteiger partial charge on any atom is -0.494 e. The minimum atomic E-state index is -2.20. The van der Waals surface area contributed by atoms with Crippen LogP contribution in [0.1, 0.15) is 55.5 Å². The molecule has 1 atom stereocenters. The molecule has 0 radical (unpaired) electrons. The zero-order chi connectivity index (χ0) is 41.1. The maximum absolute atomic E-state index is 12.6. The minimum absolute atomic E-state index is 0.00202. The maximum atomic E-state index is 12.6. The van der Waals surface area contributed by atoms with Gasteiger partial charge >= 0.3 is 6.09 Å². The summed E-state index contributed by atoms with van der Waals surface area (Å²) in [6.45, 7) is 13.5. The Labute approximate surface area is 342 Å². The number of nitrogens with one attached hydrogen (secondary N) is 3. The van der Waals surface area contributed by atoms with Gasteiger partial charge in [-0.2, -0.15) is 0 Å². The molecule has 0 saturated carbocycles. The van der Waals surface area contributed by atoms with Crippen LogP contribution < -0.4 is 25.7 Å². The highest BCUT2D eigenvalue weighted by molar-refractivity contribution is 6.74. The molecule has 0 aliphatic rings. The molecular weight excluding hydrogens is 743 g/mol. The zero-order valence-electron chi connectivity index (χ0n) is 34.1. The highest BCUT2D eigenvalue weighted by Crippen LogP contribution is 2.41. The number of aryl methyl sites for hydroxylation is 1. The highest BCUT2D eigenvalue weighted by atomic mass is 28.4. The maximum Gasteiger partial charge on any atom is 0.409 e. The normalized spacial score (nSPS) is 12.3. The molecule has 10 heteroatoms. The number of aromatic amines is 1. The molecule has 0 spiro atoms. The van der Waals surface area contributed by atoms with Crippen molar-refractivity contribution in [1.82, 2.24) is 10.3 Å². The van der Waals surface area contributed by atoms with Crippen LogP contribution in [-0.2, 0) is 23.9 Å². The second kappa shape index (κ2) is 19.2. The van der Waals surface area contributed by atoms with Gasteiger partial charge in [-0.1, -0.05) is 112 Å². The number of amides is 1.